The lowest BCUT2D eigenvalue weighted by Gasteiger charge is -2.05. The largest absolute Gasteiger partial charge is 0.392 e. The smallest absolute Gasteiger partial charge is 0.196 e. The Morgan fingerprint density at radius 3 is 2.58 bits per heavy atom. The van der Waals surface area contributed by atoms with Crippen LogP contribution in [0, 0.1) is 0 Å². The molecular formula is C15H12O3S. The van der Waals surface area contributed by atoms with Crippen LogP contribution in [0.3, 0.4) is 0 Å². The predicted octanol–water partition coefficient (Wildman–Crippen LogP) is 2.40. The molecule has 3 aromatic rings. The number of fused-ring (bicyclic) bond motifs is 2. The minimum Gasteiger partial charge on any atom is -0.392 e. The average molecular weight is 272 g/mol. The summed E-state index contributed by atoms with van der Waals surface area (Å²) in [5.74, 6) is 0. The van der Waals surface area contributed by atoms with E-state index in [-0.39, 0.29) is 18.6 Å². The van der Waals surface area contributed by atoms with E-state index in [9.17, 15) is 9.90 Å². The molecule has 3 rings (SSSR count). The van der Waals surface area contributed by atoms with Crippen LogP contribution >= 0.6 is 11.3 Å². The summed E-state index contributed by atoms with van der Waals surface area (Å²) in [7, 11) is 0. The third kappa shape index (κ3) is 1.94. The van der Waals surface area contributed by atoms with Crippen molar-refractivity contribution in [2.45, 2.75) is 13.2 Å². The highest BCUT2D eigenvalue weighted by Gasteiger charge is 2.09. The Morgan fingerprint density at radius 1 is 1.00 bits per heavy atom. The van der Waals surface area contributed by atoms with Crippen molar-refractivity contribution in [3.05, 3.63) is 57.7 Å². The van der Waals surface area contributed by atoms with Crippen molar-refractivity contribution in [2.24, 2.45) is 0 Å². The van der Waals surface area contributed by atoms with Gasteiger partial charge in [-0.05, 0) is 29.3 Å². The molecule has 4 heteroatoms. The molecule has 0 fully saturated rings. The molecule has 0 bridgehead atoms. The van der Waals surface area contributed by atoms with Gasteiger partial charge in [0.05, 0.1) is 13.2 Å². The van der Waals surface area contributed by atoms with Crippen molar-refractivity contribution in [1.29, 1.82) is 0 Å². The molecule has 1 aromatic heterocycles. The van der Waals surface area contributed by atoms with Crippen LogP contribution in [0.1, 0.15) is 11.1 Å². The van der Waals surface area contributed by atoms with E-state index in [1.54, 1.807) is 12.1 Å². The number of benzene rings is 2. The van der Waals surface area contributed by atoms with E-state index in [0.29, 0.717) is 16.3 Å². The highest BCUT2D eigenvalue weighted by atomic mass is 32.1. The number of aliphatic hydroxyl groups is 2. The van der Waals surface area contributed by atoms with Crippen molar-refractivity contribution in [3.8, 4) is 0 Å². The monoisotopic (exact) mass is 272 g/mol. The average Bonchev–Trinajstić information content (AvgIpc) is 2.46. The van der Waals surface area contributed by atoms with Gasteiger partial charge in [-0.3, -0.25) is 4.79 Å². The predicted molar refractivity (Wildman–Crippen MR) is 77.4 cm³/mol. The van der Waals surface area contributed by atoms with Gasteiger partial charge < -0.3 is 10.2 Å². The molecule has 0 spiro atoms. The van der Waals surface area contributed by atoms with Crippen LogP contribution in [0.25, 0.3) is 20.2 Å². The van der Waals surface area contributed by atoms with E-state index in [1.165, 1.54) is 11.3 Å². The fourth-order valence-corrected chi connectivity index (χ4v) is 3.35. The molecule has 0 radical (unpaired) electrons. The summed E-state index contributed by atoms with van der Waals surface area (Å²) in [5.41, 5.74) is 1.29. The maximum absolute atomic E-state index is 12.5. The topological polar surface area (TPSA) is 57.5 Å². The number of aliphatic hydroxyl groups excluding tert-OH is 2. The van der Waals surface area contributed by atoms with Gasteiger partial charge >= 0.3 is 0 Å². The first-order valence-electron chi connectivity index (χ1n) is 5.93. The summed E-state index contributed by atoms with van der Waals surface area (Å²) in [5, 5.41) is 19.7. The Balaban J connectivity index is 2.50. The molecule has 0 aliphatic carbocycles. The van der Waals surface area contributed by atoms with E-state index >= 15 is 0 Å². The van der Waals surface area contributed by atoms with Gasteiger partial charge in [-0.15, -0.1) is 11.3 Å². The van der Waals surface area contributed by atoms with Crippen molar-refractivity contribution in [1.82, 2.24) is 0 Å². The third-order valence-corrected chi connectivity index (χ3v) is 4.34. The van der Waals surface area contributed by atoms with E-state index in [4.69, 9.17) is 5.11 Å². The molecule has 0 amide bonds. The van der Waals surface area contributed by atoms with Crippen LogP contribution in [-0.4, -0.2) is 10.2 Å². The number of rotatable bonds is 2. The van der Waals surface area contributed by atoms with Crippen LogP contribution in [0.2, 0.25) is 0 Å². The fourth-order valence-electron chi connectivity index (χ4n) is 2.25. The van der Waals surface area contributed by atoms with Gasteiger partial charge in [0.25, 0.3) is 0 Å². The van der Waals surface area contributed by atoms with Gasteiger partial charge in [0.2, 0.25) is 0 Å². The van der Waals surface area contributed by atoms with Crippen LogP contribution < -0.4 is 5.43 Å². The second-order valence-corrected chi connectivity index (χ2v) is 5.45. The molecular weight excluding hydrogens is 260 g/mol. The second kappa shape index (κ2) is 4.74. The molecule has 0 saturated carbocycles. The Labute approximate surface area is 113 Å². The standard InChI is InChI=1S/C15H12O3S/c16-7-9-4-5-12-11(6-9)15(18)14-10(8-17)2-1-3-13(14)19-12/h1-6,16-17H,7-8H2. The van der Waals surface area contributed by atoms with Crippen LogP contribution in [0.5, 0.6) is 0 Å². The third-order valence-electron chi connectivity index (χ3n) is 3.20. The molecule has 1 heterocycles. The van der Waals surface area contributed by atoms with Crippen molar-refractivity contribution >= 4 is 31.5 Å². The molecule has 0 aliphatic heterocycles. The maximum Gasteiger partial charge on any atom is 0.196 e. The first kappa shape index (κ1) is 12.3. The van der Waals surface area contributed by atoms with Gasteiger partial charge in [0.15, 0.2) is 5.43 Å². The zero-order valence-corrected chi connectivity index (χ0v) is 10.9. The summed E-state index contributed by atoms with van der Waals surface area (Å²) in [6.45, 7) is -0.232. The van der Waals surface area contributed by atoms with Crippen molar-refractivity contribution in [2.75, 3.05) is 0 Å². The molecule has 0 aliphatic rings. The van der Waals surface area contributed by atoms with E-state index in [0.717, 1.165) is 15.0 Å². The Morgan fingerprint density at radius 2 is 1.84 bits per heavy atom. The number of hydrogen-bond donors (Lipinski definition) is 2. The minimum absolute atomic E-state index is 0.0799. The maximum atomic E-state index is 12.5. The minimum atomic E-state index is -0.148. The highest BCUT2D eigenvalue weighted by molar-refractivity contribution is 7.24. The van der Waals surface area contributed by atoms with Gasteiger partial charge in [-0.1, -0.05) is 18.2 Å². The normalized spacial score (nSPS) is 11.3. The summed E-state index contributed by atoms with van der Waals surface area (Å²) in [6.07, 6.45) is 0. The van der Waals surface area contributed by atoms with Gasteiger partial charge in [-0.2, -0.15) is 0 Å². The Hall–Kier alpha value is -1.75. The molecule has 2 aromatic carbocycles. The van der Waals surface area contributed by atoms with E-state index in [2.05, 4.69) is 0 Å². The van der Waals surface area contributed by atoms with E-state index < -0.39 is 0 Å². The Bertz CT molecular complexity index is 821. The molecule has 0 unspecified atom stereocenters. The lowest BCUT2D eigenvalue weighted by molar-refractivity contribution is 0.282. The summed E-state index contributed by atoms with van der Waals surface area (Å²) < 4.78 is 1.77. The van der Waals surface area contributed by atoms with Crippen LogP contribution in [0.4, 0.5) is 0 Å². The van der Waals surface area contributed by atoms with Crippen LogP contribution in [-0.2, 0) is 13.2 Å². The first-order chi connectivity index (χ1) is 9.24. The zero-order chi connectivity index (χ0) is 13.4. The molecule has 19 heavy (non-hydrogen) atoms. The van der Waals surface area contributed by atoms with Gasteiger partial charge in [-0.25, -0.2) is 0 Å². The van der Waals surface area contributed by atoms with Gasteiger partial charge in [0, 0.05) is 20.2 Å². The van der Waals surface area contributed by atoms with Crippen molar-refractivity contribution < 1.29 is 10.2 Å². The van der Waals surface area contributed by atoms with Gasteiger partial charge in [0.1, 0.15) is 0 Å². The molecule has 3 nitrogen and oxygen atoms in total. The Kier molecular flexibility index (Phi) is 3.06. The molecule has 0 atom stereocenters. The molecule has 2 N–H and O–H groups in total. The SMILES string of the molecule is O=c1c2cc(CO)ccc2sc2cccc(CO)c12. The first-order valence-corrected chi connectivity index (χ1v) is 6.75. The zero-order valence-electron chi connectivity index (χ0n) is 10.1. The fraction of sp³-hybridized carbons (Fsp3) is 0.133. The summed E-state index contributed by atoms with van der Waals surface area (Å²) in [4.78, 5) is 12.5. The highest BCUT2D eigenvalue weighted by Crippen LogP contribution is 2.27. The second-order valence-electron chi connectivity index (χ2n) is 4.37. The quantitative estimate of drug-likeness (QED) is 0.704. The van der Waals surface area contributed by atoms with Crippen LogP contribution in [0.15, 0.2) is 41.2 Å². The lowest BCUT2D eigenvalue weighted by Crippen LogP contribution is -2.04. The number of hydrogen-bond acceptors (Lipinski definition) is 4. The lowest BCUT2D eigenvalue weighted by atomic mass is 10.1. The summed E-state index contributed by atoms with van der Waals surface area (Å²) in [6, 6.07) is 10.9. The molecule has 0 saturated heterocycles. The molecule has 96 valence electrons. The van der Waals surface area contributed by atoms with E-state index in [1.807, 2.05) is 24.3 Å². The van der Waals surface area contributed by atoms with Crippen molar-refractivity contribution in [3.63, 3.8) is 0 Å². The summed E-state index contributed by atoms with van der Waals surface area (Å²) >= 11 is 1.52.